The zero-order valence-corrected chi connectivity index (χ0v) is 19.7. The Labute approximate surface area is 197 Å². The van der Waals surface area contributed by atoms with Gasteiger partial charge in [0.15, 0.2) is 0 Å². The van der Waals surface area contributed by atoms with E-state index in [2.05, 4.69) is 25.8 Å². The number of H-pyrrole nitrogens is 1. The molecule has 2 amide bonds. The lowest BCUT2D eigenvalue weighted by molar-refractivity contribution is -0.144. The average Bonchev–Trinajstić information content (AvgIpc) is 3.53. The van der Waals surface area contributed by atoms with Gasteiger partial charge in [0.05, 0.1) is 18.5 Å². The van der Waals surface area contributed by atoms with Gasteiger partial charge < -0.3 is 19.8 Å². The van der Waals surface area contributed by atoms with E-state index in [9.17, 15) is 14.4 Å². The first kappa shape index (κ1) is 24.7. The molecule has 10 nitrogen and oxygen atoms in total. The molecule has 10 heteroatoms. The van der Waals surface area contributed by atoms with Gasteiger partial charge in [-0.3, -0.25) is 14.7 Å². The van der Waals surface area contributed by atoms with Crippen LogP contribution in [-0.2, 0) is 9.53 Å². The van der Waals surface area contributed by atoms with Crippen LogP contribution in [0.1, 0.15) is 61.6 Å². The lowest BCUT2D eigenvalue weighted by Crippen LogP contribution is -2.39. The van der Waals surface area contributed by atoms with Crippen molar-refractivity contribution < 1.29 is 23.5 Å². The molecule has 0 fully saturated rings. The highest BCUT2D eigenvalue weighted by atomic mass is 16.5. The summed E-state index contributed by atoms with van der Waals surface area (Å²) >= 11 is 0. The zero-order chi connectivity index (χ0) is 24.7. The van der Waals surface area contributed by atoms with Gasteiger partial charge in [-0.2, -0.15) is 5.10 Å². The van der Waals surface area contributed by atoms with Gasteiger partial charge in [-0.15, -0.1) is 0 Å². The summed E-state index contributed by atoms with van der Waals surface area (Å²) in [5.74, 6) is -0.850. The molecule has 0 aliphatic rings. The number of aromatic amines is 1. The Hall–Kier alpha value is -3.95. The number of amides is 2. The van der Waals surface area contributed by atoms with Crippen LogP contribution in [-0.4, -0.2) is 51.7 Å². The van der Waals surface area contributed by atoms with Crippen LogP contribution in [0.5, 0.6) is 0 Å². The van der Waals surface area contributed by atoms with Crippen molar-refractivity contribution in [2.75, 3.05) is 6.61 Å². The van der Waals surface area contributed by atoms with Crippen LogP contribution in [0.2, 0.25) is 0 Å². The molecule has 3 aromatic rings. The lowest BCUT2D eigenvalue weighted by Gasteiger charge is -2.12. The standard InChI is InChI=1S/C24H29N5O5/c1-5-17(6-2)27-22(31)20-13-25-23(34-20)16-10-8-9-15(11-16)18-12-19(29-28-18)21(30)26-14(4)24(32)33-7-3/h8-14,17H,5-7H2,1-4H3,(H,26,30)(H,27,31)(H,28,29). The van der Waals surface area contributed by atoms with Crippen molar-refractivity contribution >= 4 is 17.8 Å². The first-order valence-corrected chi connectivity index (χ1v) is 11.3. The smallest absolute Gasteiger partial charge is 0.328 e. The van der Waals surface area contributed by atoms with Gasteiger partial charge >= 0.3 is 5.97 Å². The quantitative estimate of drug-likeness (QED) is 0.389. The van der Waals surface area contributed by atoms with Crippen LogP contribution in [0.3, 0.4) is 0 Å². The third-order valence-electron chi connectivity index (χ3n) is 5.27. The largest absolute Gasteiger partial charge is 0.464 e. The maximum atomic E-state index is 12.4. The molecule has 0 spiro atoms. The van der Waals surface area contributed by atoms with E-state index in [0.717, 1.165) is 12.8 Å². The summed E-state index contributed by atoms with van der Waals surface area (Å²) in [5, 5.41) is 12.4. The summed E-state index contributed by atoms with van der Waals surface area (Å²) in [7, 11) is 0. The van der Waals surface area contributed by atoms with Crippen molar-refractivity contribution in [3.05, 3.63) is 48.0 Å². The monoisotopic (exact) mass is 467 g/mol. The number of benzene rings is 1. The Morgan fingerprint density at radius 3 is 2.50 bits per heavy atom. The minimum Gasteiger partial charge on any atom is -0.464 e. The Kier molecular flexibility index (Phi) is 8.18. The van der Waals surface area contributed by atoms with Crippen molar-refractivity contribution in [1.29, 1.82) is 0 Å². The molecule has 0 radical (unpaired) electrons. The Morgan fingerprint density at radius 1 is 1.06 bits per heavy atom. The number of nitrogens with zero attached hydrogens (tertiary/aromatic N) is 2. The predicted molar refractivity (Wildman–Crippen MR) is 125 cm³/mol. The van der Waals surface area contributed by atoms with Crippen LogP contribution >= 0.6 is 0 Å². The van der Waals surface area contributed by atoms with Crippen LogP contribution in [0.4, 0.5) is 0 Å². The summed E-state index contributed by atoms with van der Waals surface area (Å²) in [6.45, 7) is 7.50. The van der Waals surface area contributed by atoms with E-state index in [0.29, 0.717) is 22.7 Å². The lowest BCUT2D eigenvalue weighted by atomic mass is 10.1. The van der Waals surface area contributed by atoms with Crippen molar-refractivity contribution in [3.63, 3.8) is 0 Å². The summed E-state index contributed by atoms with van der Waals surface area (Å²) in [4.78, 5) is 40.8. The van der Waals surface area contributed by atoms with Gasteiger partial charge in [0.2, 0.25) is 11.7 Å². The fourth-order valence-corrected chi connectivity index (χ4v) is 3.26. The second-order valence-electron chi connectivity index (χ2n) is 7.71. The second-order valence-corrected chi connectivity index (χ2v) is 7.71. The number of carbonyl (C=O) groups is 3. The molecule has 34 heavy (non-hydrogen) atoms. The van der Waals surface area contributed by atoms with E-state index in [1.807, 2.05) is 19.9 Å². The van der Waals surface area contributed by atoms with Gasteiger partial charge in [0, 0.05) is 17.2 Å². The second kappa shape index (κ2) is 11.3. The highest BCUT2D eigenvalue weighted by Crippen LogP contribution is 2.25. The van der Waals surface area contributed by atoms with Crippen molar-refractivity contribution in [2.45, 2.75) is 52.6 Å². The molecule has 2 aromatic heterocycles. The number of hydrogen-bond acceptors (Lipinski definition) is 7. The maximum absolute atomic E-state index is 12.4. The molecule has 1 unspecified atom stereocenters. The summed E-state index contributed by atoms with van der Waals surface area (Å²) in [5.41, 5.74) is 2.10. The molecule has 0 saturated carbocycles. The highest BCUT2D eigenvalue weighted by molar-refractivity contribution is 5.96. The molecule has 0 saturated heterocycles. The topological polar surface area (TPSA) is 139 Å². The van der Waals surface area contributed by atoms with Gasteiger partial charge in [-0.1, -0.05) is 26.0 Å². The van der Waals surface area contributed by atoms with Crippen molar-refractivity contribution in [2.24, 2.45) is 0 Å². The third kappa shape index (κ3) is 5.89. The highest BCUT2D eigenvalue weighted by Gasteiger charge is 2.20. The van der Waals surface area contributed by atoms with Crippen LogP contribution in [0, 0.1) is 0 Å². The van der Waals surface area contributed by atoms with E-state index in [1.54, 1.807) is 38.1 Å². The van der Waals surface area contributed by atoms with Crippen LogP contribution in [0.15, 0.2) is 40.9 Å². The number of ether oxygens (including phenoxy) is 1. The zero-order valence-electron chi connectivity index (χ0n) is 19.7. The molecular weight excluding hydrogens is 438 g/mol. The predicted octanol–water partition coefficient (Wildman–Crippen LogP) is 3.33. The normalized spacial score (nSPS) is 11.8. The molecule has 3 N–H and O–H groups in total. The number of rotatable bonds is 10. The molecule has 0 aliphatic carbocycles. The van der Waals surface area contributed by atoms with Gasteiger partial charge in [-0.25, -0.2) is 9.78 Å². The number of esters is 1. The Bertz CT molecular complexity index is 1150. The SMILES string of the molecule is CCOC(=O)C(C)NC(=O)c1cc(-c2cccc(-c3ncc(C(=O)NC(CC)CC)o3)c2)n[nH]1. The minimum absolute atomic E-state index is 0.0794. The minimum atomic E-state index is -0.788. The average molecular weight is 468 g/mol. The van der Waals surface area contributed by atoms with E-state index in [4.69, 9.17) is 9.15 Å². The van der Waals surface area contributed by atoms with E-state index >= 15 is 0 Å². The van der Waals surface area contributed by atoms with Crippen molar-refractivity contribution in [1.82, 2.24) is 25.8 Å². The number of hydrogen-bond donors (Lipinski definition) is 3. The maximum Gasteiger partial charge on any atom is 0.328 e. The number of carbonyl (C=O) groups excluding carboxylic acids is 3. The van der Waals surface area contributed by atoms with E-state index in [1.165, 1.54) is 6.20 Å². The van der Waals surface area contributed by atoms with Gasteiger partial charge in [0.25, 0.3) is 11.8 Å². The molecule has 1 atom stereocenters. The Morgan fingerprint density at radius 2 is 1.79 bits per heavy atom. The summed E-state index contributed by atoms with van der Waals surface area (Å²) in [6, 6.07) is 8.10. The molecule has 2 heterocycles. The third-order valence-corrected chi connectivity index (χ3v) is 5.27. The molecule has 0 bridgehead atoms. The van der Waals surface area contributed by atoms with Crippen molar-refractivity contribution in [3.8, 4) is 22.7 Å². The summed E-state index contributed by atoms with van der Waals surface area (Å²) in [6.07, 6.45) is 3.06. The Balaban J connectivity index is 1.73. The first-order valence-electron chi connectivity index (χ1n) is 11.3. The van der Waals surface area contributed by atoms with E-state index < -0.39 is 17.9 Å². The molecular formula is C24H29N5O5. The molecule has 1 aromatic carbocycles. The van der Waals surface area contributed by atoms with Crippen LogP contribution < -0.4 is 10.6 Å². The number of aromatic nitrogens is 3. The van der Waals surface area contributed by atoms with Gasteiger partial charge in [-0.05, 0) is 44.9 Å². The number of oxazole rings is 1. The molecule has 3 rings (SSSR count). The molecule has 180 valence electrons. The molecule has 0 aliphatic heterocycles. The summed E-state index contributed by atoms with van der Waals surface area (Å²) < 4.78 is 10.6. The number of nitrogens with one attached hydrogen (secondary N) is 3. The fraction of sp³-hybridized carbons (Fsp3) is 0.375. The van der Waals surface area contributed by atoms with E-state index in [-0.39, 0.29) is 30.0 Å². The van der Waals surface area contributed by atoms with Gasteiger partial charge in [0.1, 0.15) is 11.7 Å². The van der Waals surface area contributed by atoms with Crippen LogP contribution in [0.25, 0.3) is 22.7 Å². The first-order chi connectivity index (χ1) is 16.4. The fourth-order valence-electron chi connectivity index (χ4n) is 3.26.